The lowest BCUT2D eigenvalue weighted by atomic mass is 9.91. The van der Waals surface area contributed by atoms with Crippen molar-refractivity contribution < 1.29 is 37.5 Å². The van der Waals surface area contributed by atoms with E-state index in [1.807, 2.05) is 45.3 Å². The van der Waals surface area contributed by atoms with Gasteiger partial charge < -0.3 is 39.5 Å². The van der Waals surface area contributed by atoms with Crippen LogP contribution in [0.2, 0.25) is 0 Å². The Morgan fingerprint density at radius 3 is 2.55 bits per heavy atom. The van der Waals surface area contributed by atoms with Crippen molar-refractivity contribution in [1.29, 1.82) is 0 Å². The van der Waals surface area contributed by atoms with Crippen molar-refractivity contribution in [2.75, 3.05) is 44.3 Å². The van der Waals surface area contributed by atoms with E-state index >= 15 is 8.78 Å². The molecule has 78 heavy (non-hydrogen) atoms. The van der Waals surface area contributed by atoms with Gasteiger partial charge in [0.25, 0.3) is 5.88 Å². The van der Waals surface area contributed by atoms with Crippen molar-refractivity contribution in [2.45, 2.75) is 121 Å². The lowest BCUT2D eigenvalue weighted by Crippen LogP contribution is -2.51. The Labute approximate surface area is 454 Å². The molecule has 4 aromatic heterocycles. The van der Waals surface area contributed by atoms with E-state index in [4.69, 9.17) is 30.4 Å². The maximum Gasteiger partial charge on any atom is 0.319 e. The van der Waals surface area contributed by atoms with Crippen LogP contribution in [0.3, 0.4) is 0 Å². The number of halogens is 2. The molecule has 7 atom stereocenters. The van der Waals surface area contributed by atoms with Gasteiger partial charge in [-0.05, 0) is 118 Å². The van der Waals surface area contributed by atoms with Crippen LogP contribution < -0.4 is 25.0 Å². The highest BCUT2D eigenvalue weighted by Gasteiger charge is 2.50. The third kappa shape index (κ3) is 9.44. The molecule has 0 radical (unpaired) electrons. The first-order valence-electron chi connectivity index (χ1n) is 27.2. The standard InChI is InChI=1S/C59H62F2N10O6S/c1-6-42-45(60)17-14-37-23-41(72)24-43(50(37)42)52-51(61)53-44(26-62-52)55(69-27-38-15-16-39(28-69)65-38)67-58(66-53)76-30-59-19-8-22-71(59)40(18-20-59)29-75-48-25-47(77-68-48)49(32(2)3)57(74)70-21-7-9-46(70)56(73)64-33(4)35-10-12-36(13-11-35)54-34(5)63-31-78-54/h1,10-14,17,23-26,31-33,38-40,46,49,65,72H,7-9,15-16,18-22,27-30H2,2-5H3,(H,64,73). The fourth-order valence-corrected chi connectivity index (χ4v) is 13.8. The molecule has 7 unspecified atom stereocenters. The van der Waals surface area contributed by atoms with Crippen molar-refractivity contribution in [3.05, 3.63) is 101 Å². The number of piperazine rings is 1. The number of nitrogens with zero attached hydrogens (tertiary/aromatic N) is 8. The Kier molecular flexibility index (Phi) is 13.8. The number of hydrogen-bond acceptors (Lipinski definition) is 15. The van der Waals surface area contributed by atoms with Crippen LogP contribution in [0.4, 0.5) is 14.6 Å². The van der Waals surface area contributed by atoms with Crippen LogP contribution in [0.15, 0.2) is 70.8 Å². The van der Waals surface area contributed by atoms with Gasteiger partial charge in [0.2, 0.25) is 11.8 Å². The molecule has 3 N–H and O–H groups in total. The Bertz CT molecular complexity index is 3480. The van der Waals surface area contributed by atoms with Crippen LogP contribution in [-0.2, 0) is 9.59 Å². The van der Waals surface area contributed by atoms with E-state index in [1.54, 1.807) is 22.3 Å². The van der Waals surface area contributed by atoms with Gasteiger partial charge in [-0.3, -0.25) is 19.5 Å². The number of carbonyl (C=O) groups excluding carboxylic acids is 2. The molecule has 0 aliphatic carbocycles. The first-order valence-corrected chi connectivity index (χ1v) is 28.0. The number of amides is 2. The Hall–Kier alpha value is -7.27. The number of thiazole rings is 1. The maximum atomic E-state index is 17.3. The summed E-state index contributed by atoms with van der Waals surface area (Å²) in [4.78, 5) is 54.4. The minimum absolute atomic E-state index is 0.00972. The van der Waals surface area contributed by atoms with Gasteiger partial charge in [0.15, 0.2) is 11.6 Å². The Morgan fingerprint density at radius 1 is 0.987 bits per heavy atom. The minimum atomic E-state index is -0.772. The number of phenolic OH excluding ortho intramolecular Hbond substituents is 1. The summed E-state index contributed by atoms with van der Waals surface area (Å²) in [7, 11) is 0. The molecule has 5 aliphatic heterocycles. The monoisotopic (exact) mass is 1080 g/mol. The average molecular weight is 1080 g/mol. The second-order valence-corrected chi connectivity index (χ2v) is 23.0. The molecule has 2 amide bonds. The van der Waals surface area contributed by atoms with Gasteiger partial charge >= 0.3 is 6.01 Å². The van der Waals surface area contributed by atoms with Crippen LogP contribution in [0.5, 0.6) is 17.6 Å². The van der Waals surface area contributed by atoms with Crippen LogP contribution in [-0.4, -0.2) is 121 Å². The van der Waals surface area contributed by atoms with E-state index in [0.29, 0.717) is 61.4 Å². The number of pyridine rings is 1. The fraction of sp³-hybridized carbons (Fsp3) is 0.441. The molecule has 5 aliphatic rings. The number of fused-ring (bicyclic) bond motifs is 5. The molecule has 2 bridgehead atoms. The molecule has 12 rings (SSSR count). The molecule has 16 nitrogen and oxygen atoms in total. The third-order valence-electron chi connectivity index (χ3n) is 16.9. The highest BCUT2D eigenvalue weighted by molar-refractivity contribution is 7.13. The highest BCUT2D eigenvalue weighted by atomic mass is 32.1. The number of likely N-dealkylation sites (tertiary alicyclic amines) is 1. The lowest BCUT2D eigenvalue weighted by Gasteiger charge is -2.35. The second kappa shape index (κ2) is 20.8. The Balaban J connectivity index is 0.732. The van der Waals surface area contributed by atoms with Crippen molar-refractivity contribution in [3.8, 4) is 51.7 Å². The molecule has 5 fully saturated rings. The summed E-state index contributed by atoms with van der Waals surface area (Å²) in [5.41, 5.74) is 4.45. The van der Waals surface area contributed by atoms with E-state index in [-0.39, 0.29) is 99.4 Å². The zero-order valence-electron chi connectivity index (χ0n) is 44.1. The van der Waals surface area contributed by atoms with Gasteiger partial charge in [0, 0.05) is 61.0 Å². The number of anilines is 1. The van der Waals surface area contributed by atoms with Gasteiger partial charge in [0.1, 0.15) is 53.8 Å². The normalized spacial score (nSPS) is 22.8. The number of phenols is 1. The number of rotatable bonds is 15. The van der Waals surface area contributed by atoms with Gasteiger partial charge in [-0.25, -0.2) is 13.8 Å². The smallest absolute Gasteiger partial charge is 0.319 e. The third-order valence-corrected chi connectivity index (χ3v) is 17.9. The molecule has 404 valence electrons. The van der Waals surface area contributed by atoms with Crippen LogP contribution in [0, 0.1) is 36.8 Å². The minimum Gasteiger partial charge on any atom is -0.508 e. The number of aryl methyl sites for hydroxylation is 1. The molecule has 3 aromatic carbocycles. The summed E-state index contributed by atoms with van der Waals surface area (Å²) in [6.07, 6.45) is 14.1. The summed E-state index contributed by atoms with van der Waals surface area (Å²) >= 11 is 1.60. The van der Waals surface area contributed by atoms with E-state index < -0.39 is 23.6 Å². The number of benzene rings is 3. The van der Waals surface area contributed by atoms with E-state index in [1.165, 1.54) is 30.5 Å². The van der Waals surface area contributed by atoms with Crippen LogP contribution >= 0.6 is 11.3 Å². The van der Waals surface area contributed by atoms with E-state index in [0.717, 1.165) is 66.8 Å². The largest absolute Gasteiger partial charge is 0.508 e. The molecule has 0 spiro atoms. The van der Waals surface area contributed by atoms with Crippen molar-refractivity contribution in [3.63, 3.8) is 0 Å². The number of ether oxygens (including phenoxy) is 2. The topological polar surface area (TPSA) is 184 Å². The molecular weight excluding hydrogens is 1010 g/mol. The summed E-state index contributed by atoms with van der Waals surface area (Å²) in [6.45, 7) is 11.1. The molecule has 9 heterocycles. The number of nitrogens with one attached hydrogen (secondary N) is 2. The molecule has 19 heteroatoms. The molecule has 5 saturated heterocycles. The maximum absolute atomic E-state index is 17.3. The second-order valence-electron chi connectivity index (χ2n) is 22.1. The predicted octanol–water partition coefficient (Wildman–Crippen LogP) is 9.23. The van der Waals surface area contributed by atoms with Gasteiger partial charge in [-0.15, -0.1) is 17.8 Å². The zero-order valence-corrected chi connectivity index (χ0v) is 44.9. The summed E-state index contributed by atoms with van der Waals surface area (Å²) in [5, 5.41) is 23.0. The van der Waals surface area contributed by atoms with Crippen molar-refractivity contribution in [1.82, 2.24) is 45.5 Å². The van der Waals surface area contributed by atoms with Crippen molar-refractivity contribution in [2.24, 2.45) is 5.92 Å². The molecular formula is C59H62F2N10O6S. The van der Waals surface area contributed by atoms with Gasteiger partial charge in [-0.1, -0.05) is 50.1 Å². The number of terminal acetylenes is 1. The fourth-order valence-electron chi connectivity index (χ4n) is 13.0. The van der Waals surface area contributed by atoms with E-state index in [9.17, 15) is 14.7 Å². The highest BCUT2D eigenvalue weighted by Crippen LogP contribution is 2.44. The van der Waals surface area contributed by atoms with Crippen LogP contribution in [0.1, 0.15) is 107 Å². The number of carbonyl (C=O) groups is 2. The molecule has 0 saturated carbocycles. The SMILES string of the molecule is C#Cc1c(F)ccc2cc(O)cc(-c3ncc4c(N5CC6CCC(C5)N6)nc(OCC56CCCN5C(COc5cc(C(C(=O)N7CCCC7C(=O)NC(C)c7ccc(-c8scnc8C)cc7)C(C)C)on5)CC6)nc4c3F)c12. The first kappa shape index (κ1) is 51.5. The summed E-state index contributed by atoms with van der Waals surface area (Å²) < 4.78 is 51.3. The van der Waals surface area contributed by atoms with Gasteiger partial charge in [-0.2, -0.15) is 9.97 Å². The quantitative estimate of drug-likeness (QED) is 0.0826. The predicted molar refractivity (Wildman–Crippen MR) is 292 cm³/mol. The van der Waals surface area contributed by atoms with Crippen molar-refractivity contribution >= 4 is 50.6 Å². The average Bonchev–Trinajstić information content (AvgIpc) is 4.43. The first-order chi connectivity index (χ1) is 37.7. The van der Waals surface area contributed by atoms with Crippen LogP contribution in [0.25, 0.3) is 43.4 Å². The number of aromatic hydroxyl groups is 1. The summed E-state index contributed by atoms with van der Waals surface area (Å²) in [6, 6.07) is 15.1. The summed E-state index contributed by atoms with van der Waals surface area (Å²) in [5.74, 6) is 0.836. The number of aromatic nitrogens is 5. The number of hydrogen-bond donors (Lipinski definition) is 3. The van der Waals surface area contributed by atoms with E-state index in [2.05, 4.69) is 53.6 Å². The zero-order chi connectivity index (χ0) is 54.0. The molecule has 7 aromatic rings. The lowest BCUT2D eigenvalue weighted by molar-refractivity contribution is -0.141. The Morgan fingerprint density at radius 2 is 1.79 bits per heavy atom. The van der Waals surface area contributed by atoms with Gasteiger partial charge in [0.05, 0.1) is 38.6 Å².